The second kappa shape index (κ2) is 13.1. The van der Waals surface area contributed by atoms with Crippen molar-refractivity contribution in [2.75, 3.05) is 32.8 Å². The van der Waals surface area contributed by atoms with Gasteiger partial charge in [-0.05, 0) is 61.4 Å². The lowest BCUT2D eigenvalue weighted by atomic mass is 9.77. The number of likely N-dealkylation sites (tertiary alicyclic amines) is 2. The van der Waals surface area contributed by atoms with Gasteiger partial charge in [-0.3, -0.25) is 9.69 Å². The second-order valence-electron chi connectivity index (χ2n) is 10.9. The number of carboxylic acid groups (broad SMARTS) is 1. The summed E-state index contributed by atoms with van der Waals surface area (Å²) in [6.07, 6.45) is -6.71. The summed E-state index contributed by atoms with van der Waals surface area (Å²) in [6.45, 7) is 8.93. The zero-order chi connectivity index (χ0) is 30.4. The number of carbonyl (C=O) groups is 2. The number of alkyl halides is 6. The predicted octanol–water partition coefficient (Wildman–Crippen LogP) is 6.50. The van der Waals surface area contributed by atoms with Crippen LogP contribution in [0.25, 0.3) is 0 Å². The first-order valence-corrected chi connectivity index (χ1v) is 13.3. The molecule has 41 heavy (non-hydrogen) atoms. The third kappa shape index (κ3) is 9.11. The van der Waals surface area contributed by atoms with E-state index in [1.54, 1.807) is 4.90 Å². The summed E-state index contributed by atoms with van der Waals surface area (Å²) in [5, 5.41) is 7.12. The molecule has 0 radical (unpaired) electrons. The van der Waals surface area contributed by atoms with E-state index < -0.39 is 23.9 Å². The SMILES string of the molecule is CC(C)COc1ccccc1CN1CCC2(CCN(C(=O)c3cccc(C(F)(F)F)c3)CC2)C1.O=C(O)C(F)(F)F. The first-order valence-electron chi connectivity index (χ1n) is 13.3. The third-order valence-electron chi connectivity index (χ3n) is 7.25. The summed E-state index contributed by atoms with van der Waals surface area (Å²) in [7, 11) is 0. The Morgan fingerprint density at radius 2 is 1.56 bits per heavy atom. The number of amides is 1. The van der Waals surface area contributed by atoms with Gasteiger partial charge in [-0.15, -0.1) is 0 Å². The molecule has 2 aromatic carbocycles. The van der Waals surface area contributed by atoms with Crippen LogP contribution in [0.2, 0.25) is 0 Å². The zero-order valence-corrected chi connectivity index (χ0v) is 22.9. The molecule has 6 nitrogen and oxygen atoms in total. The third-order valence-corrected chi connectivity index (χ3v) is 7.25. The van der Waals surface area contributed by atoms with Gasteiger partial charge < -0.3 is 14.7 Å². The van der Waals surface area contributed by atoms with Gasteiger partial charge in [-0.1, -0.05) is 38.1 Å². The standard InChI is InChI=1S/C27H33F3N2O2.C2HF3O2/c1-20(2)18-34-24-9-4-3-6-22(24)17-31-13-10-26(19-31)11-14-32(15-12-26)25(33)21-7-5-8-23(16-21)27(28,29)30;3-2(4,5)1(6)7/h3-9,16,20H,10-15,17-19H2,1-2H3;(H,6,7). The highest BCUT2D eigenvalue weighted by Crippen LogP contribution is 2.41. The Morgan fingerprint density at radius 3 is 2.15 bits per heavy atom. The monoisotopic (exact) mass is 588 g/mol. The van der Waals surface area contributed by atoms with Crippen LogP contribution >= 0.6 is 0 Å². The predicted molar refractivity (Wildman–Crippen MR) is 139 cm³/mol. The fraction of sp³-hybridized carbons (Fsp3) is 0.517. The Bertz CT molecular complexity index is 1190. The van der Waals surface area contributed by atoms with Crippen molar-refractivity contribution in [1.82, 2.24) is 9.80 Å². The zero-order valence-electron chi connectivity index (χ0n) is 22.9. The average molecular weight is 589 g/mol. The van der Waals surface area contributed by atoms with E-state index in [0.29, 0.717) is 25.6 Å². The van der Waals surface area contributed by atoms with E-state index in [4.69, 9.17) is 14.6 Å². The number of piperidine rings is 1. The van der Waals surface area contributed by atoms with Crippen LogP contribution in [0.3, 0.4) is 0 Å². The number of carboxylic acids is 1. The molecule has 0 bridgehead atoms. The van der Waals surface area contributed by atoms with E-state index in [0.717, 1.165) is 56.8 Å². The minimum absolute atomic E-state index is 0.108. The highest BCUT2D eigenvalue weighted by molar-refractivity contribution is 5.94. The summed E-state index contributed by atoms with van der Waals surface area (Å²) in [6, 6.07) is 12.9. The molecule has 0 unspecified atom stereocenters. The van der Waals surface area contributed by atoms with Crippen LogP contribution in [-0.4, -0.2) is 65.7 Å². The Morgan fingerprint density at radius 1 is 0.951 bits per heavy atom. The van der Waals surface area contributed by atoms with Crippen molar-refractivity contribution < 1.29 is 45.8 Å². The largest absolute Gasteiger partial charge is 0.493 e. The van der Waals surface area contributed by atoms with Crippen LogP contribution in [0.1, 0.15) is 54.6 Å². The minimum atomic E-state index is -5.08. The molecule has 2 heterocycles. The molecule has 1 spiro atoms. The van der Waals surface area contributed by atoms with Crippen molar-refractivity contribution in [3.63, 3.8) is 0 Å². The maximum absolute atomic E-state index is 13.0. The van der Waals surface area contributed by atoms with Gasteiger partial charge in [0.2, 0.25) is 0 Å². The molecular formula is C29H34F6N2O4. The lowest BCUT2D eigenvalue weighted by Crippen LogP contribution is -2.44. The summed E-state index contributed by atoms with van der Waals surface area (Å²) in [4.78, 5) is 25.9. The first kappa shape index (κ1) is 32.2. The fourth-order valence-electron chi connectivity index (χ4n) is 5.04. The lowest BCUT2D eigenvalue weighted by molar-refractivity contribution is -0.192. The van der Waals surface area contributed by atoms with Crippen molar-refractivity contribution in [3.05, 3.63) is 65.2 Å². The summed E-state index contributed by atoms with van der Waals surface area (Å²) < 4.78 is 76.8. The molecule has 226 valence electrons. The molecule has 0 aromatic heterocycles. The summed E-state index contributed by atoms with van der Waals surface area (Å²) >= 11 is 0. The summed E-state index contributed by atoms with van der Waals surface area (Å²) in [5.74, 6) is -1.66. The maximum Gasteiger partial charge on any atom is 0.490 e. The van der Waals surface area contributed by atoms with Crippen molar-refractivity contribution in [1.29, 1.82) is 0 Å². The number of rotatable bonds is 6. The second-order valence-corrected chi connectivity index (χ2v) is 10.9. The first-order chi connectivity index (χ1) is 19.1. The van der Waals surface area contributed by atoms with Crippen LogP contribution in [0.15, 0.2) is 48.5 Å². The highest BCUT2D eigenvalue weighted by Gasteiger charge is 2.42. The van der Waals surface area contributed by atoms with Crippen LogP contribution in [-0.2, 0) is 17.5 Å². The van der Waals surface area contributed by atoms with Gasteiger partial charge in [-0.25, -0.2) is 4.79 Å². The van der Waals surface area contributed by atoms with Crippen molar-refractivity contribution >= 4 is 11.9 Å². The molecule has 2 aliphatic rings. The normalized spacial score (nSPS) is 17.3. The number of para-hydroxylation sites is 1. The molecule has 1 amide bonds. The van der Waals surface area contributed by atoms with Crippen LogP contribution in [0.5, 0.6) is 5.75 Å². The quantitative estimate of drug-likeness (QED) is 0.390. The van der Waals surface area contributed by atoms with Crippen molar-refractivity contribution in [2.45, 2.75) is 52.0 Å². The number of halogens is 6. The number of hydrogen-bond acceptors (Lipinski definition) is 4. The van der Waals surface area contributed by atoms with Gasteiger partial charge in [0.05, 0.1) is 12.2 Å². The Balaban J connectivity index is 0.000000587. The van der Waals surface area contributed by atoms with Gasteiger partial charge in [0.1, 0.15) is 5.75 Å². The number of hydrogen-bond donors (Lipinski definition) is 1. The van der Waals surface area contributed by atoms with E-state index in [1.807, 2.05) is 18.2 Å². The number of carbonyl (C=O) groups excluding carboxylic acids is 1. The van der Waals surface area contributed by atoms with Gasteiger partial charge in [0.15, 0.2) is 0 Å². The molecule has 1 N–H and O–H groups in total. The molecule has 0 saturated carbocycles. The average Bonchev–Trinajstić information content (AvgIpc) is 3.29. The Kier molecular flexibility index (Phi) is 10.3. The van der Waals surface area contributed by atoms with Gasteiger partial charge in [0, 0.05) is 37.3 Å². The van der Waals surface area contributed by atoms with E-state index >= 15 is 0 Å². The van der Waals surface area contributed by atoms with Crippen molar-refractivity contribution in [3.8, 4) is 5.75 Å². The van der Waals surface area contributed by atoms with Gasteiger partial charge in [-0.2, -0.15) is 26.3 Å². The van der Waals surface area contributed by atoms with E-state index in [9.17, 15) is 31.1 Å². The maximum atomic E-state index is 13.0. The van der Waals surface area contributed by atoms with E-state index in [1.165, 1.54) is 17.7 Å². The number of aliphatic carboxylic acids is 1. The molecule has 2 aliphatic heterocycles. The van der Waals surface area contributed by atoms with E-state index in [2.05, 4.69) is 24.8 Å². The smallest absolute Gasteiger partial charge is 0.490 e. The molecular weight excluding hydrogens is 554 g/mol. The molecule has 12 heteroatoms. The molecule has 2 fully saturated rings. The fourth-order valence-corrected chi connectivity index (χ4v) is 5.04. The number of benzene rings is 2. The molecule has 2 aromatic rings. The van der Waals surface area contributed by atoms with E-state index in [-0.39, 0.29) is 16.9 Å². The van der Waals surface area contributed by atoms with Crippen LogP contribution < -0.4 is 4.74 Å². The Hall–Kier alpha value is -3.28. The molecule has 0 aliphatic carbocycles. The van der Waals surface area contributed by atoms with Crippen molar-refractivity contribution in [2.24, 2.45) is 11.3 Å². The number of nitrogens with zero attached hydrogens (tertiary/aromatic N) is 2. The minimum Gasteiger partial charge on any atom is -0.493 e. The highest BCUT2D eigenvalue weighted by atomic mass is 19.4. The van der Waals surface area contributed by atoms with Crippen LogP contribution in [0, 0.1) is 11.3 Å². The Labute approximate surface area is 234 Å². The lowest BCUT2D eigenvalue weighted by Gasteiger charge is -2.39. The molecule has 0 atom stereocenters. The van der Waals surface area contributed by atoms with Crippen LogP contribution in [0.4, 0.5) is 26.3 Å². The topological polar surface area (TPSA) is 70.1 Å². The number of ether oxygens (including phenoxy) is 1. The van der Waals surface area contributed by atoms with Gasteiger partial charge >= 0.3 is 18.3 Å². The summed E-state index contributed by atoms with van der Waals surface area (Å²) in [5.41, 5.74) is 0.684. The molecule has 4 rings (SSSR count). The molecule has 2 saturated heterocycles. The van der Waals surface area contributed by atoms with Gasteiger partial charge in [0.25, 0.3) is 5.91 Å².